The number of pyridine rings is 1. The predicted octanol–water partition coefficient (Wildman–Crippen LogP) is 0.890. The van der Waals surface area contributed by atoms with E-state index in [-0.39, 0.29) is 35.9 Å². The number of carboxylic acids is 1. The number of rotatable bonds is 3. The van der Waals surface area contributed by atoms with Crippen molar-refractivity contribution in [1.29, 1.82) is 0 Å². The molecule has 38 heavy (non-hydrogen) atoms. The Balaban J connectivity index is 1.54. The summed E-state index contributed by atoms with van der Waals surface area (Å²) in [6.07, 6.45) is 2.02. The van der Waals surface area contributed by atoms with Gasteiger partial charge in [0.05, 0.1) is 19.2 Å². The van der Waals surface area contributed by atoms with Gasteiger partial charge in [0.2, 0.25) is 5.43 Å². The monoisotopic (exact) mass is 537 g/mol. The zero-order valence-corrected chi connectivity index (χ0v) is 19.2. The number of hydrogen-bond donors (Lipinski definition) is 2. The molecule has 2 aliphatic heterocycles. The summed E-state index contributed by atoms with van der Waals surface area (Å²) in [5.41, 5.74) is -3.70. The number of aromatic nitrogens is 1. The lowest BCUT2D eigenvalue weighted by atomic mass is 10.1. The minimum absolute atomic E-state index is 0.0850. The van der Waals surface area contributed by atoms with E-state index in [0.29, 0.717) is 12.8 Å². The number of nitrogens with zero attached hydrogens (tertiary/aromatic N) is 3. The molecule has 2 fully saturated rings. The number of carbonyl (C=O) groups excluding carboxylic acids is 3. The van der Waals surface area contributed by atoms with Crippen LogP contribution in [0.4, 0.5) is 13.2 Å². The molecule has 1 aromatic carbocycles. The van der Waals surface area contributed by atoms with E-state index < -0.39 is 82.0 Å². The van der Waals surface area contributed by atoms with Crippen LogP contribution in [0, 0.1) is 17.5 Å². The zero-order valence-electron chi connectivity index (χ0n) is 19.2. The first-order valence-corrected chi connectivity index (χ1v) is 11.3. The minimum atomic E-state index is -2.18. The average molecular weight is 537 g/mol. The van der Waals surface area contributed by atoms with Gasteiger partial charge < -0.3 is 29.3 Å². The Hall–Kier alpha value is -4.40. The summed E-state index contributed by atoms with van der Waals surface area (Å²) in [7, 11) is 0. The summed E-state index contributed by atoms with van der Waals surface area (Å²) in [5.74, 6) is -11.9. The number of aromatic hydroxyl groups is 1. The molecule has 1 saturated carbocycles. The van der Waals surface area contributed by atoms with Crippen LogP contribution in [0.5, 0.6) is 5.75 Å². The number of carboxylic acid groups (broad SMARTS) is 1. The third-order valence-corrected chi connectivity index (χ3v) is 6.69. The van der Waals surface area contributed by atoms with Crippen molar-refractivity contribution in [3.63, 3.8) is 0 Å². The van der Waals surface area contributed by atoms with Gasteiger partial charge in [-0.3, -0.25) is 14.4 Å². The van der Waals surface area contributed by atoms with Gasteiger partial charge in [-0.1, -0.05) is 0 Å². The van der Waals surface area contributed by atoms with Gasteiger partial charge in [-0.15, -0.1) is 0 Å². The molecule has 1 aliphatic carbocycles. The van der Waals surface area contributed by atoms with Crippen LogP contribution in [0.25, 0.3) is 0 Å². The van der Waals surface area contributed by atoms with Crippen molar-refractivity contribution in [1.82, 2.24) is 14.5 Å². The highest BCUT2D eigenvalue weighted by atomic mass is 19.1. The molecule has 0 unspecified atom stereocenters. The second-order valence-corrected chi connectivity index (χ2v) is 8.99. The Kier molecular flexibility index (Phi) is 6.09. The van der Waals surface area contributed by atoms with Crippen LogP contribution in [0.1, 0.15) is 45.7 Å². The van der Waals surface area contributed by atoms with Crippen LogP contribution in [0.3, 0.4) is 0 Å². The number of fused-ring (bicyclic) bond motifs is 5. The van der Waals surface area contributed by atoms with Crippen molar-refractivity contribution >= 4 is 23.8 Å². The quantitative estimate of drug-likeness (QED) is 0.429. The first-order chi connectivity index (χ1) is 18.0. The largest absolute Gasteiger partial charge is 0.503 e. The van der Waals surface area contributed by atoms with Crippen LogP contribution in [0.2, 0.25) is 0 Å². The smallest absolute Gasteiger partial charge is 0.441 e. The highest BCUT2D eigenvalue weighted by Crippen LogP contribution is 2.38. The standard InChI is InChI=1S/C23H18F3N3O9/c24-9-3-14(25)12(15(26)4-9)7-28(38-23(36)22(34)35)20(32)13-6-27-8-16-29(10-1-2-11(5-10)37-16)21(33)17(27)19(31)18(13)30/h3-4,6,10-11,16,31H,1-2,5,7-8H2,(H,34,35)/t10-,11+,16+/m0/s1. The third kappa shape index (κ3) is 4.13. The van der Waals surface area contributed by atoms with Crippen molar-refractivity contribution in [2.75, 3.05) is 0 Å². The number of hydroxylamine groups is 2. The topological polar surface area (TPSA) is 156 Å². The van der Waals surface area contributed by atoms with Crippen molar-refractivity contribution in [2.24, 2.45) is 0 Å². The number of benzene rings is 1. The Morgan fingerprint density at radius 2 is 1.82 bits per heavy atom. The molecule has 15 heteroatoms. The summed E-state index contributed by atoms with van der Waals surface area (Å²) >= 11 is 0. The summed E-state index contributed by atoms with van der Waals surface area (Å²) < 4.78 is 48.8. The van der Waals surface area contributed by atoms with E-state index in [9.17, 15) is 42.3 Å². The number of carbonyl (C=O) groups is 4. The number of amides is 2. The van der Waals surface area contributed by atoms with Gasteiger partial charge >= 0.3 is 11.9 Å². The van der Waals surface area contributed by atoms with E-state index in [1.165, 1.54) is 4.90 Å². The SMILES string of the molecule is O=C(O)C(=O)ON(Cc1c(F)cc(F)cc1F)C(=O)c1cn2c(c(O)c1=O)C(=O)N1[C@H]3CC[C@H](C3)O[C@@H]1C2. The molecule has 2 bridgehead atoms. The van der Waals surface area contributed by atoms with E-state index >= 15 is 0 Å². The maximum absolute atomic E-state index is 14.2. The molecular weight excluding hydrogens is 519 g/mol. The molecule has 5 rings (SSSR count). The highest BCUT2D eigenvalue weighted by molar-refractivity contribution is 6.28. The van der Waals surface area contributed by atoms with Crippen molar-refractivity contribution in [3.8, 4) is 5.75 Å². The van der Waals surface area contributed by atoms with Crippen LogP contribution >= 0.6 is 0 Å². The van der Waals surface area contributed by atoms with Crippen LogP contribution < -0.4 is 5.43 Å². The molecule has 0 radical (unpaired) electrons. The molecule has 3 aliphatic rings. The Bertz CT molecular complexity index is 1440. The second kappa shape index (κ2) is 9.16. The van der Waals surface area contributed by atoms with Gasteiger partial charge in [-0.05, 0) is 19.3 Å². The van der Waals surface area contributed by atoms with Gasteiger partial charge in [0.15, 0.2) is 17.7 Å². The molecule has 0 spiro atoms. The number of aliphatic carboxylic acids is 1. The van der Waals surface area contributed by atoms with Crippen LogP contribution in [-0.4, -0.2) is 66.9 Å². The average Bonchev–Trinajstić information content (AvgIpc) is 3.22. The molecule has 1 saturated heterocycles. The number of ether oxygens (including phenoxy) is 1. The van der Waals surface area contributed by atoms with Crippen molar-refractivity contribution < 1.29 is 52.1 Å². The van der Waals surface area contributed by atoms with Crippen LogP contribution in [0.15, 0.2) is 23.1 Å². The first-order valence-electron chi connectivity index (χ1n) is 11.3. The normalized spacial score (nSPS) is 21.5. The van der Waals surface area contributed by atoms with Gasteiger partial charge in [0.25, 0.3) is 11.8 Å². The fraction of sp³-hybridized carbons (Fsp3) is 0.348. The Morgan fingerprint density at radius 1 is 1.13 bits per heavy atom. The fourth-order valence-corrected chi connectivity index (χ4v) is 4.99. The first kappa shape index (κ1) is 25.3. The van der Waals surface area contributed by atoms with E-state index in [1.807, 2.05) is 0 Å². The summed E-state index contributed by atoms with van der Waals surface area (Å²) in [5, 5.41) is 19.4. The van der Waals surface area contributed by atoms with E-state index in [4.69, 9.17) is 9.84 Å². The molecule has 12 nitrogen and oxygen atoms in total. The second-order valence-electron chi connectivity index (χ2n) is 8.99. The zero-order chi connectivity index (χ0) is 27.5. The maximum Gasteiger partial charge on any atom is 0.441 e. The summed E-state index contributed by atoms with van der Waals surface area (Å²) in [6.45, 7) is -1.35. The van der Waals surface area contributed by atoms with E-state index in [2.05, 4.69) is 4.84 Å². The molecule has 200 valence electrons. The maximum atomic E-state index is 14.2. The minimum Gasteiger partial charge on any atom is -0.503 e. The third-order valence-electron chi connectivity index (χ3n) is 6.69. The Morgan fingerprint density at radius 3 is 2.47 bits per heavy atom. The van der Waals surface area contributed by atoms with Gasteiger partial charge in [-0.2, -0.15) is 5.06 Å². The lowest BCUT2D eigenvalue weighted by Gasteiger charge is -2.44. The molecule has 2 N–H and O–H groups in total. The number of halogens is 3. The fourth-order valence-electron chi connectivity index (χ4n) is 4.99. The van der Waals surface area contributed by atoms with Gasteiger partial charge in [0.1, 0.15) is 23.0 Å². The van der Waals surface area contributed by atoms with Crippen molar-refractivity contribution in [3.05, 3.63) is 62.8 Å². The molecular formula is C23H18F3N3O9. The van der Waals surface area contributed by atoms with Crippen molar-refractivity contribution in [2.45, 2.75) is 50.7 Å². The highest BCUT2D eigenvalue weighted by Gasteiger charge is 2.48. The number of hydrogen-bond acceptors (Lipinski definition) is 8. The molecule has 1 aromatic heterocycles. The lowest BCUT2D eigenvalue weighted by molar-refractivity contribution is -0.189. The van der Waals surface area contributed by atoms with E-state index in [0.717, 1.165) is 17.2 Å². The lowest BCUT2D eigenvalue weighted by Crippen LogP contribution is -2.57. The summed E-state index contributed by atoms with van der Waals surface area (Å²) in [4.78, 5) is 67.9. The predicted molar refractivity (Wildman–Crippen MR) is 115 cm³/mol. The van der Waals surface area contributed by atoms with Gasteiger partial charge in [-0.25, -0.2) is 22.8 Å². The molecule has 2 aromatic rings. The molecule has 3 atom stereocenters. The van der Waals surface area contributed by atoms with E-state index in [1.54, 1.807) is 0 Å². The Labute approximate surface area is 210 Å². The summed E-state index contributed by atoms with van der Waals surface area (Å²) in [6, 6.07) is 0.394. The molecule has 3 heterocycles. The molecule has 2 amide bonds. The van der Waals surface area contributed by atoms with Crippen LogP contribution in [-0.2, 0) is 32.3 Å². The van der Waals surface area contributed by atoms with Gasteiger partial charge in [0, 0.05) is 29.9 Å².